The molecule has 1 atom stereocenters. The van der Waals surface area contributed by atoms with Crippen molar-refractivity contribution in [2.24, 2.45) is 5.73 Å². The number of Topliss-reactive ketones (excluding diaryl/α,β-unsaturated/α-hetero) is 1. The summed E-state index contributed by atoms with van der Waals surface area (Å²) in [4.78, 5) is 16.8. The van der Waals surface area contributed by atoms with Gasteiger partial charge in [-0.2, -0.15) is 0 Å². The molecule has 0 spiro atoms. The van der Waals surface area contributed by atoms with Gasteiger partial charge in [-0.15, -0.1) is 0 Å². The molecule has 0 radical (unpaired) electrons. The molecular formula is C16H21N3O. The fourth-order valence-electron chi connectivity index (χ4n) is 2.22. The fraction of sp³-hybridized carbons (Fsp3) is 0.375. The van der Waals surface area contributed by atoms with Gasteiger partial charge in [0.2, 0.25) is 0 Å². The molecule has 20 heavy (non-hydrogen) atoms. The van der Waals surface area contributed by atoms with Crippen LogP contribution in [0.4, 0.5) is 0 Å². The van der Waals surface area contributed by atoms with E-state index >= 15 is 0 Å². The molecule has 1 heterocycles. The van der Waals surface area contributed by atoms with E-state index < -0.39 is 5.54 Å². The van der Waals surface area contributed by atoms with Gasteiger partial charge in [-0.1, -0.05) is 37.3 Å². The minimum atomic E-state index is -0.982. The second-order valence-electron chi connectivity index (χ2n) is 5.21. The third-order valence-electron chi connectivity index (χ3n) is 3.54. The molecular weight excluding hydrogens is 250 g/mol. The molecule has 0 saturated heterocycles. The number of ketones is 1. The first kappa shape index (κ1) is 14.5. The van der Waals surface area contributed by atoms with E-state index in [4.69, 9.17) is 5.73 Å². The van der Waals surface area contributed by atoms with Gasteiger partial charge in [0, 0.05) is 18.9 Å². The second kappa shape index (κ2) is 6.01. The van der Waals surface area contributed by atoms with E-state index in [9.17, 15) is 4.79 Å². The first-order valence-electron chi connectivity index (χ1n) is 6.93. The van der Waals surface area contributed by atoms with Gasteiger partial charge in [0.15, 0.2) is 5.78 Å². The zero-order chi connectivity index (χ0) is 14.6. The van der Waals surface area contributed by atoms with Crippen LogP contribution in [0.25, 0.3) is 0 Å². The zero-order valence-electron chi connectivity index (χ0n) is 12.0. The number of benzene rings is 1. The van der Waals surface area contributed by atoms with Crippen LogP contribution in [0.1, 0.15) is 31.7 Å². The lowest BCUT2D eigenvalue weighted by Gasteiger charge is -2.23. The Labute approximate surface area is 119 Å². The summed E-state index contributed by atoms with van der Waals surface area (Å²) in [5, 5.41) is 0. The summed E-state index contributed by atoms with van der Waals surface area (Å²) in [6.45, 7) is 4.73. The molecule has 0 aliphatic heterocycles. The molecule has 0 fully saturated rings. The van der Waals surface area contributed by atoms with Gasteiger partial charge in [-0.05, 0) is 18.9 Å². The average molecular weight is 271 g/mol. The average Bonchev–Trinajstić information content (AvgIpc) is 2.87. The van der Waals surface area contributed by atoms with Crippen molar-refractivity contribution in [1.29, 1.82) is 0 Å². The number of nitrogens with zero attached hydrogens (tertiary/aromatic N) is 2. The number of rotatable bonds is 6. The molecule has 0 bridgehead atoms. The molecule has 106 valence electrons. The molecule has 1 aromatic carbocycles. The fourth-order valence-corrected chi connectivity index (χ4v) is 2.22. The maximum absolute atomic E-state index is 12.5. The molecule has 2 aromatic rings. The molecule has 1 unspecified atom stereocenters. The number of aryl methyl sites for hydroxylation is 1. The maximum atomic E-state index is 12.5. The minimum Gasteiger partial charge on any atom is -0.335 e. The van der Waals surface area contributed by atoms with E-state index in [1.54, 1.807) is 13.1 Å². The van der Waals surface area contributed by atoms with Gasteiger partial charge in [0.05, 0.1) is 12.0 Å². The Balaban J connectivity index is 2.17. The molecule has 1 aromatic heterocycles. The first-order chi connectivity index (χ1) is 9.55. The normalized spacial score (nSPS) is 13.9. The van der Waals surface area contributed by atoms with Crippen molar-refractivity contribution in [3.05, 3.63) is 54.1 Å². The summed E-state index contributed by atoms with van der Waals surface area (Å²) < 4.78 is 2.01. The predicted molar refractivity (Wildman–Crippen MR) is 79.2 cm³/mol. The van der Waals surface area contributed by atoms with E-state index in [-0.39, 0.29) is 12.2 Å². The SMILES string of the molecule is CCCn1ccnc1CC(=O)C(C)(N)c1ccccc1. The largest absolute Gasteiger partial charge is 0.335 e. The van der Waals surface area contributed by atoms with Crippen LogP contribution in [0.3, 0.4) is 0 Å². The van der Waals surface area contributed by atoms with Crippen molar-refractivity contribution in [3.63, 3.8) is 0 Å². The number of aromatic nitrogens is 2. The van der Waals surface area contributed by atoms with Gasteiger partial charge in [-0.25, -0.2) is 4.98 Å². The molecule has 4 nitrogen and oxygen atoms in total. The van der Waals surface area contributed by atoms with Crippen LogP contribution in [0.2, 0.25) is 0 Å². The Morgan fingerprint density at radius 2 is 2.05 bits per heavy atom. The summed E-state index contributed by atoms with van der Waals surface area (Å²) in [6, 6.07) is 9.47. The van der Waals surface area contributed by atoms with E-state index in [1.165, 1.54) is 0 Å². The maximum Gasteiger partial charge on any atom is 0.164 e. The smallest absolute Gasteiger partial charge is 0.164 e. The van der Waals surface area contributed by atoms with Crippen LogP contribution < -0.4 is 5.73 Å². The van der Waals surface area contributed by atoms with E-state index in [0.717, 1.165) is 24.4 Å². The minimum absolute atomic E-state index is 0.0211. The molecule has 0 amide bonds. The highest BCUT2D eigenvalue weighted by Crippen LogP contribution is 2.20. The van der Waals surface area contributed by atoms with Crippen LogP contribution in [0.5, 0.6) is 0 Å². The van der Waals surface area contributed by atoms with E-state index in [0.29, 0.717) is 0 Å². The number of nitrogens with two attached hydrogens (primary N) is 1. The predicted octanol–water partition coefficient (Wildman–Crippen LogP) is 2.28. The Morgan fingerprint density at radius 1 is 1.35 bits per heavy atom. The van der Waals surface area contributed by atoms with Crippen molar-refractivity contribution in [2.45, 2.75) is 38.8 Å². The molecule has 2 rings (SSSR count). The Bertz CT molecular complexity index is 572. The topological polar surface area (TPSA) is 60.9 Å². The molecule has 2 N–H and O–H groups in total. The molecule has 0 aliphatic carbocycles. The molecule has 4 heteroatoms. The van der Waals surface area contributed by atoms with Gasteiger partial charge in [0.25, 0.3) is 0 Å². The summed E-state index contributed by atoms with van der Waals surface area (Å²) in [7, 11) is 0. The highest BCUT2D eigenvalue weighted by molar-refractivity contribution is 5.90. The molecule has 0 aliphatic rings. The highest BCUT2D eigenvalue weighted by atomic mass is 16.1. The van der Waals surface area contributed by atoms with Crippen molar-refractivity contribution >= 4 is 5.78 Å². The Kier molecular flexibility index (Phi) is 4.35. The van der Waals surface area contributed by atoms with E-state index in [2.05, 4.69) is 11.9 Å². The number of hydrogen-bond acceptors (Lipinski definition) is 3. The summed E-state index contributed by atoms with van der Waals surface area (Å²) in [5.41, 5.74) is 6.09. The number of hydrogen-bond donors (Lipinski definition) is 1. The number of carbonyl (C=O) groups is 1. The van der Waals surface area contributed by atoms with Crippen LogP contribution in [0, 0.1) is 0 Å². The Hall–Kier alpha value is -1.94. The van der Waals surface area contributed by atoms with Crippen molar-refractivity contribution in [1.82, 2.24) is 9.55 Å². The zero-order valence-corrected chi connectivity index (χ0v) is 12.0. The Morgan fingerprint density at radius 3 is 2.70 bits per heavy atom. The van der Waals surface area contributed by atoms with Crippen molar-refractivity contribution in [3.8, 4) is 0 Å². The van der Waals surface area contributed by atoms with Gasteiger partial charge in [0.1, 0.15) is 5.82 Å². The monoisotopic (exact) mass is 271 g/mol. The van der Waals surface area contributed by atoms with Crippen LogP contribution in [0.15, 0.2) is 42.7 Å². The third kappa shape index (κ3) is 2.96. The lowest BCUT2D eigenvalue weighted by Crippen LogP contribution is -2.43. The summed E-state index contributed by atoms with van der Waals surface area (Å²) in [6.07, 6.45) is 4.90. The van der Waals surface area contributed by atoms with Crippen molar-refractivity contribution in [2.75, 3.05) is 0 Å². The van der Waals surface area contributed by atoms with Crippen LogP contribution in [-0.4, -0.2) is 15.3 Å². The number of carbonyl (C=O) groups excluding carboxylic acids is 1. The number of imidazole rings is 1. The highest BCUT2D eigenvalue weighted by Gasteiger charge is 2.30. The summed E-state index contributed by atoms with van der Waals surface area (Å²) >= 11 is 0. The summed E-state index contributed by atoms with van der Waals surface area (Å²) in [5.74, 6) is 0.761. The first-order valence-corrected chi connectivity index (χ1v) is 6.93. The molecule has 0 saturated carbocycles. The van der Waals surface area contributed by atoms with Crippen LogP contribution in [-0.2, 0) is 23.3 Å². The van der Waals surface area contributed by atoms with Gasteiger partial charge < -0.3 is 10.3 Å². The van der Waals surface area contributed by atoms with E-state index in [1.807, 2.05) is 41.1 Å². The third-order valence-corrected chi connectivity index (χ3v) is 3.54. The van der Waals surface area contributed by atoms with Crippen LogP contribution >= 0.6 is 0 Å². The quantitative estimate of drug-likeness (QED) is 0.876. The lowest BCUT2D eigenvalue weighted by molar-refractivity contribution is -0.123. The standard InChI is InChI=1S/C16H21N3O/c1-3-10-19-11-9-18-15(19)12-14(20)16(2,17)13-7-5-4-6-8-13/h4-9,11H,3,10,12,17H2,1-2H3. The second-order valence-corrected chi connectivity index (χ2v) is 5.21. The van der Waals surface area contributed by atoms with Crippen molar-refractivity contribution < 1.29 is 4.79 Å². The lowest BCUT2D eigenvalue weighted by atomic mass is 9.87. The van der Waals surface area contributed by atoms with Gasteiger partial charge >= 0.3 is 0 Å². The van der Waals surface area contributed by atoms with Gasteiger partial charge in [-0.3, -0.25) is 4.79 Å².